The molecule has 0 bridgehead atoms. The average molecular weight is 384 g/mol. The molecule has 26 heavy (non-hydrogen) atoms. The highest BCUT2D eigenvalue weighted by atomic mass is 32.2. The number of nitrogens with zero attached hydrogens (tertiary/aromatic N) is 1. The third-order valence-corrected chi connectivity index (χ3v) is 5.94. The maximum atomic E-state index is 13.1. The van der Waals surface area contributed by atoms with Gasteiger partial charge in [0.15, 0.2) is 0 Å². The second-order valence-corrected chi connectivity index (χ2v) is 8.20. The first-order valence-corrected chi connectivity index (χ1v) is 10.1. The number of carbonyl (C=O) groups excluding carboxylic acids is 2. The Hall–Kier alpha value is -1.93. The number of esters is 1. The smallest absolute Gasteiger partial charge is 0.324 e. The van der Waals surface area contributed by atoms with E-state index in [1.54, 1.807) is 20.8 Å². The summed E-state index contributed by atoms with van der Waals surface area (Å²) in [6.07, 6.45) is 0.897. The quantitative estimate of drug-likeness (QED) is 0.490. The van der Waals surface area contributed by atoms with Crippen molar-refractivity contribution >= 4 is 27.5 Å². The lowest BCUT2D eigenvalue weighted by Gasteiger charge is -2.32. The van der Waals surface area contributed by atoms with Crippen molar-refractivity contribution in [3.05, 3.63) is 24.3 Å². The molecule has 0 aliphatic carbocycles. The second kappa shape index (κ2) is 9.68. The molecule has 8 heteroatoms. The minimum atomic E-state index is -3.94. The van der Waals surface area contributed by atoms with Gasteiger partial charge in [0.25, 0.3) is 0 Å². The Morgan fingerprint density at radius 1 is 1.19 bits per heavy atom. The summed E-state index contributed by atoms with van der Waals surface area (Å²) in [6, 6.07) is 4.37. The Balaban J connectivity index is 3.26. The summed E-state index contributed by atoms with van der Waals surface area (Å²) in [5.74, 6) is -0.617. The average Bonchev–Trinajstić information content (AvgIpc) is 2.53. The maximum Gasteiger partial charge on any atom is 0.324 e. The maximum absolute atomic E-state index is 13.1. The topological polar surface area (TPSA) is 107 Å². The standard InChI is InChI=1S/C18H28N2O5S/c1-5-25-18(22)17(8-6-7-14(4)21)20(13(2)3)26(23,24)16-11-9-15(19)10-12-16/h9-13,17H,5-8,19H2,1-4H3/t17-/m0/s1. The second-order valence-electron chi connectivity index (χ2n) is 6.36. The summed E-state index contributed by atoms with van der Waals surface area (Å²) >= 11 is 0. The van der Waals surface area contributed by atoms with Crippen molar-refractivity contribution in [1.82, 2.24) is 4.31 Å². The molecule has 0 spiro atoms. The fraction of sp³-hybridized carbons (Fsp3) is 0.556. The van der Waals surface area contributed by atoms with E-state index in [1.165, 1.54) is 31.2 Å². The van der Waals surface area contributed by atoms with E-state index in [0.717, 1.165) is 4.31 Å². The zero-order chi connectivity index (χ0) is 19.9. The molecule has 0 unspecified atom stereocenters. The fourth-order valence-corrected chi connectivity index (χ4v) is 4.50. The van der Waals surface area contributed by atoms with Crippen molar-refractivity contribution in [3.63, 3.8) is 0 Å². The lowest BCUT2D eigenvalue weighted by atomic mass is 10.1. The first-order chi connectivity index (χ1) is 12.1. The zero-order valence-electron chi connectivity index (χ0n) is 15.8. The molecule has 0 aromatic heterocycles. The summed E-state index contributed by atoms with van der Waals surface area (Å²) < 4.78 is 32.5. The van der Waals surface area contributed by atoms with Gasteiger partial charge in [-0.15, -0.1) is 0 Å². The summed E-state index contributed by atoms with van der Waals surface area (Å²) in [5.41, 5.74) is 6.08. The van der Waals surface area contributed by atoms with Crippen molar-refractivity contribution in [3.8, 4) is 0 Å². The van der Waals surface area contributed by atoms with Crippen LogP contribution in [-0.2, 0) is 24.3 Å². The molecule has 146 valence electrons. The molecule has 0 amide bonds. The number of carbonyl (C=O) groups is 2. The molecule has 0 saturated carbocycles. The number of sulfonamides is 1. The third kappa shape index (κ3) is 5.81. The van der Waals surface area contributed by atoms with Crippen LogP contribution < -0.4 is 5.73 Å². The van der Waals surface area contributed by atoms with E-state index in [4.69, 9.17) is 10.5 Å². The van der Waals surface area contributed by atoms with E-state index in [9.17, 15) is 18.0 Å². The number of nitrogens with two attached hydrogens (primary N) is 1. The van der Waals surface area contributed by atoms with Gasteiger partial charge >= 0.3 is 5.97 Å². The molecule has 7 nitrogen and oxygen atoms in total. The lowest BCUT2D eigenvalue weighted by molar-refractivity contribution is -0.148. The van der Waals surface area contributed by atoms with Crippen molar-refractivity contribution < 1.29 is 22.7 Å². The highest BCUT2D eigenvalue weighted by molar-refractivity contribution is 7.89. The Bertz CT molecular complexity index is 714. The Kier molecular flexibility index (Phi) is 8.23. The lowest BCUT2D eigenvalue weighted by Crippen LogP contribution is -2.49. The number of ketones is 1. The Labute approximate surface area is 155 Å². The molecule has 0 fully saturated rings. The molecular formula is C18H28N2O5S. The molecule has 0 aliphatic heterocycles. The van der Waals surface area contributed by atoms with Crippen LogP contribution in [0, 0.1) is 0 Å². The molecule has 1 aromatic carbocycles. The van der Waals surface area contributed by atoms with E-state index in [1.807, 2.05) is 0 Å². The summed E-state index contributed by atoms with van der Waals surface area (Å²) in [6.45, 7) is 6.68. The SMILES string of the molecule is CCOC(=O)[C@H](CCCC(C)=O)N(C(C)C)S(=O)(=O)c1ccc(N)cc1. The van der Waals surface area contributed by atoms with Gasteiger partial charge in [-0.05, 0) is 64.8 Å². The molecule has 1 rings (SSSR count). The normalized spacial score (nSPS) is 13.0. The minimum Gasteiger partial charge on any atom is -0.465 e. The number of hydrogen-bond donors (Lipinski definition) is 1. The van der Waals surface area contributed by atoms with Crippen LogP contribution in [0.5, 0.6) is 0 Å². The fourth-order valence-electron chi connectivity index (χ4n) is 2.70. The number of anilines is 1. The summed E-state index contributed by atoms with van der Waals surface area (Å²) in [4.78, 5) is 23.7. The van der Waals surface area contributed by atoms with Crippen molar-refractivity contribution in [1.29, 1.82) is 0 Å². The van der Waals surface area contributed by atoms with Crippen molar-refractivity contribution in [2.45, 2.75) is 63.9 Å². The zero-order valence-corrected chi connectivity index (χ0v) is 16.6. The van der Waals surface area contributed by atoms with Gasteiger partial charge < -0.3 is 15.3 Å². The van der Waals surface area contributed by atoms with Crippen LogP contribution in [0.2, 0.25) is 0 Å². The monoisotopic (exact) mass is 384 g/mol. The number of nitrogen functional groups attached to an aromatic ring is 1. The van der Waals surface area contributed by atoms with Gasteiger partial charge in [-0.2, -0.15) is 4.31 Å². The predicted octanol–water partition coefficient (Wildman–Crippen LogP) is 2.36. The van der Waals surface area contributed by atoms with Crippen LogP contribution in [0.4, 0.5) is 5.69 Å². The predicted molar refractivity (Wildman–Crippen MR) is 100.0 cm³/mol. The van der Waals surface area contributed by atoms with Gasteiger partial charge in [0, 0.05) is 18.2 Å². The first kappa shape index (κ1) is 22.1. The molecule has 0 aliphatic rings. The molecule has 0 saturated heterocycles. The summed E-state index contributed by atoms with van der Waals surface area (Å²) in [7, 11) is -3.94. The van der Waals surface area contributed by atoms with Gasteiger partial charge in [-0.25, -0.2) is 8.42 Å². The van der Waals surface area contributed by atoms with Crippen LogP contribution in [0.1, 0.15) is 47.0 Å². The highest BCUT2D eigenvalue weighted by Crippen LogP contribution is 2.25. The number of rotatable bonds is 10. The molecule has 0 radical (unpaired) electrons. The number of hydrogen-bond acceptors (Lipinski definition) is 6. The van der Waals surface area contributed by atoms with Crippen LogP contribution >= 0.6 is 0 Å². The number of benzene rings is 1. The van der Waals surface area contributed by atoms with E-state index in [-0.39, 0.29) is 30.1 Å². The Morgan fingerprint density at radius 2 is 1.77 bits per heavy atom. The first-order valence-electron chi connectivity index (χ1n) is 8.66. The van der Waals surface area contributed by atoms with Crippen LogP contribution in [0.3, 0.4) is 0 Å². The number of Topliss-reactive ketones (excluding diaryl/α,β-unsaturated/α-hetero) is 1. The van der Waals surface area contributed by atoms with Gasteiger partial charge in [-0.3, -0.25) is 4.79 Å². The van der Waals surface area contributed by atoms with Crippen LogP contribution in [0.15, 0.2) is 29.2 Å². The molecular weight excluding hydrogens is 356 g/mol. The molecule has 1 aromatic rings. The third-order valence-electron chi connectivity index (χ3n) is 3.84. The van der Waals surface area contributed by atoms with Gasteiger partial charge in [0.2, 0.25) is 10.0 Å². The van der Waals surface area contributed by atoms with Crippen molar-refractivity contribution in [2.24, 2.45) is 0 Å². The largest absolute Gasteiger partial charge is 0.465 e. The van der Waals surface area contributed by atoms with Gasteiger partial charge in [-0.1, -0.05) is 0 Å². The van der Waals surface area contributed by atoms with E-state index >= 15 is 0 Å². The van der Waals surface area contributed by atoms with Crippen LogP contribution in [-0.4, -0.2) is 43.2 Å². The molecule has 0 heterocycles. The van der Waals surface area contributed by atoms with E-state index in [0.29, 0.717) is 12.1 Å². The van der Waals surface area contributed by atoms with Crippen molar-refractivity contribution in [2.75, 3.05) is 12.3 Å². The molecule has 2 N–H and O–H groups in total. The van der Waals surface area contributed by atoms with Gasteiger partial charge in [0.1, 0.15) is 11.8 Å². The van der Waals surface area contributed by atoms with E-state index < -0.39 is 28.1 Å². The van der Waals surface area contributed by atoms with E-state index in [2.05, 4.69) is 0 Å². The van der Waals surface area contributed by atoms with Crippen LogP contribution in [0.25, 0.3) is 0 Å². The Morgan fingerprint density at radius 3 is 2.23 bits per heavy atom. The van der Waals surface area contributed by atoms with Gasteiger partial charge in [0.05, 0.1) is 11.5 Å². The minimum absolute atomic E-state index is 0.00917. The summed E-state index contributed by atoms with van der Waals surface area (Å²) in [5, 5.41) is 0. The number of ether oxygens (including phenoxy) is 1. The highest BCUT2D eigenvalue weighted by Gasteiger charge is 2.38. The molecule has 1 atom stereocenters.